The highest BCUT2D eigenvalue weighted by Gasteiger charge is 2.22. The van der Waals surface area contributed by atoms with Crippen LogP contribution in [-0.4, -0.2) is 23.1 Å². The fourth-order valence-electron chi connectivity index (χ4n) is 3.56. The Balaban J connectivity index is 0.00000104. The van der Waals surface area contributed by atoms with Crippen LogP contribution in [0.15, 0.2) is 42.7 Å². The van der Waals surface area contributed by atoms with E-state index in [1.807, 2.05) is 12.4 Å². The summed E-state index contributed by atoms with van der Waals surface area (Å²) in [4.78, 5) is 7.87. The fourth-order valence-corrected chi connectivity index (χ4v) is 3.56. The number of H-pyrrole nitrogens is 1. The summed E-state index contributed by atoms with van der Waals surface area (Å²) < 4.78 is 0. The summed E-state index contributed by atoms with van der Waals surface area (Å²) in [6.07, 6.45) is 6.26. The van der Waals surface area contributed by atoms with Crippen molar-refractivity contribution < 1.29 is 0 Å². The zero-order chi connectivity index (χ0) is 14.9. The van der Waals surface area contributed by atoms with E-state index in [1.54, 1.807) is 0 Å². The first-order valence-corrected chi connectivity index (χ1v) is 8.06. The lowest BCUT2D eigenvalue weighted by Crippen LogP contribution is -2.28. The molecule has 1 fully saturated rings. The van der Waals surface area contributed by atoms with Gasteiger partial charge in [-0.2, -0.15) is 0 Å². The molecule has 1 saturated heterocycles. The first kappa shape index (κ1) is 18.8. The van der Waals surface area contributed by atoms with Gasteiger partial charge in [-0.1, -0.05) is 11.6 Å². The van der Waals surface area contributed by atoms with Gasteiger partial charge in [0, 0.05) is 47.0 Å². The summed E-state index contributed by atoms with van der Waals surface area (Å²) >= 11 is 0. The Hall–Kier alpha value is -1.55. The Morgan fingerprint density at radius 1 is 1.08 bits per heavy atom. The van der Waals surface area contributed by atoms with Crippen LogP contribution in [0.4, 0.5) is 0 Å². The smallest absolute Gasteiger partial charge is 0.0462 e. The number of hydrogen-bond donors (Lipinski definition) is 2. The van der Waals surface area contributed by atoms with Crippen LogP contribution in [0.3, 0.4) is 0 Å². The summed E-state index contributed by atoms with van der Waals surface area (Å²) in [6.45, 7) is 4.36. The highest BCUT2D eigenvalue weighted by atomic mass is 35.5. The number of halogens is 2. The van der Waals surface area contributed by atoms with Gasteiger partial charge in [0.1, 0.15) is 0 Å². The molecule has 24 heavy (non-hydrogen) atoms. The van der Waals surface area contributed by atoms with Crippen LogP contribution < -0.4 is 5.32 Å². The molecule has 0 spiro atoms. The zero-order valence-electron chi connectivity index (χ0n) is 13.7. The summed E-state index contributed by atoms with van der Waals surface area (Å²) in [7, 11) is 0. The van der Waals surface area contributed by atoms with E-state index in [9.17, 15) is 0 Å². The molecular weight excluding hydrogens is 341 g/mol. The third-order valence-electron chi connectivity index (χ3n) is 4.66. The predicted molar refractivity (Wildman–Crippen MR) is 106 cm³/mol. The van der Waals surface area contributed by atoms with Crippen LogP contribution in [0.25, 0.3) is 22.0 Å². The number of benzene rings is 1. The lowest BCUT2D eigenvalue weighted by molar-refractivity contribution is 0.457. The summed E-state index contributed by atoms with van der Waals surface area (Å²) in [6, 6.07) is 10.9. The second-order valence-corrected chi connectivity index (χ2v) is 6.24. The molecule has 2 N–H and O–H groups in total. The number of pyridine rings is 1. The molecule has 0 bridgehead atoms. The van der Waals surface area contributed by atoms with Crippen molar-refractivity contribution in [3.8, 4) is 11.1 Å². The SMILES string of the molecule is Cc1ccc2[nH]c(C3CCCNC3)c(-c3ccncc3)c2c1.Cl.Cl. The molecule has 4 rings (SSSR count). The highest BCUT2D eigenvalue weighted by molar-refractivity contribution is 5.98. The number of aromatic nitrogens is 2. The third-order valence-corrected chi connectivity index (χ3v) is 4.66. The number of nitrogens with zero attached hydrogens (tertiary/aromatic N) is 1. The first-order chi connectivity index (χ1) is 10.8. The Labute approximate surface area is 155 Å². The topological polar surface area (TPSA) is 40.7 Å². The van der Waals surface area contributed by atoms with E-state index >= 15 is 0 Å². The molecule has 2 aromatic heterocycles. The monoisotopic (exact) mass is 363 g/mol. The van der Waals surface area contributed by atoms with Crippen molar-refractivity contribution in [2.75, 3.05) is 13.1 Å². The van der Waals surface area contributed by atoms with E-state index in [2.05, 4.69) is 52.5 Å². The van der Waals surface area contributed by atoms with Gasteiger partial charge in [0.05, 0.1) is 0 Å². The first-order valence-electron chi connectivity index (χ1n) is 8.06. The minimum absolute atomic E-state index is 0. The van der Waals surface area contributed by atoms with Crippen molar-refractivity contribution in [2.45, 2.75) is 25.7 Å². The molecule has 128 valence electrons. The minimum Gasteiger partial charge on any atom is -0.358 e. The Morgan fingerprint density at radius 3 is 2.58 bits per heavy atom. The molecule has 0 aliphatic carbocycles. The maximum atomic E-state index is 4.17. The molecule has 1 aliphatic rings. The number of aryl methyl sites for hydroxylation is 1. The number of hydrogen-bond acceptors (Lipinski definition) is 2. The molecule has 5 heteroatoms. The average Bonchev–Trinajstić information content (AvgIpc) is 2.95. The van der Waals surface area contributed by atoms with Crippen LogP contribution in [0, 0.1) is 6.92 Å². The van der Waals surface area contributed by atoms with Crippen molar-refractivity contribution in [1.82, 2.24) is 15.3 Å². The van der Waals surface area contributed by atoms with Gasteiger partial charge in [-0.3, -0.25) is 4.98 Å². The number of rotatable bonds is 2. The number of fused-ring (bicyclic) bond motifs is 1. The van der Waals surface area contributed by atoms with Crippen LogP contribution >= 0.6 is 24.8 Å². The van der Waals surface area contributed by atoms with Crippen molar-refractivity contribution in [1.29, 1.82) is 0 Å². The van der Waals surface area contributed by atoms with Crippen molar-refractivity contribution in [3.63, 3.8) is 0 Å². The second-order valence-electron chi connectivity index (χ2n) is 6.24. The van der Waals surface area contributed by atoms with Gasteiger partial charge in [-0.15, -0.1) is 24.8 Å². The van der Waals surface area contributed by atoms with Crippen LogP contribution in [-0.2, 0) is 0 Å². The van der Waals surface area contributed by atoms with E-state index in [4.69, 9.17) is 0 Å². The van der Waals surface area contributed by atoms with Crippen molar-refractivity contribution in [3.05, 3.63) is 54.0 Å². The molecule has 1 aromatic carbocycles. The predicted octanol–water partition coefficient (Wildman–Crippen LogP) is 4.85. The molecular formula is C19H23Cl2N3. The zero-order valence-corrected chi connectivity index (χ0v) is 15.3. The molecule has 3 nitrogen and oxygen atoms in total. The van der Waals surface area contributed by atoms with Gasteiger partial charge in [0.2, 0.25) is 0 Å². The van der Waals surface area contributed by atoms with Crippen molar-refractivity contribution >= 4 is 35.7 Å². The van der Waals surface area contributed by atoms with E-state index in [-0.39, 0.29) is 24.8 Å². The molecule has 1 aliphatic heterocycles. The maximum absolute atomic E-state index is 4.17. The summed E-state index contributed by atoms with van der Waals surface area (Å²) in [5, 5.41) is 4.86. The van der Waals surface area contributed by atoms with E-state index in [1.165, 1.54) is 46.1 Å². The lowest BCUT2D eigenvalue weighted by Gasteiger charge is -2.23. The van der Waals surface area contributed by atoms with Gasteiger partial charge >= 0.3 is 0 Å². The fraction of sp³-hybridized carbons (Fsp3) is 0.316. The normalized spacial score (nSPS) is 17.1. The average molecular weight is 364 g/mol. The van der Waals surface area contributed by atoms with Gasteiger partial charge in [-0.05, 0) is 56.1 Å². The largest absolute Gasteiger partial charge is 0.358 e. The maximum Gasteiger partial charge on any atom is 0.0462 e. The quantitative estimate of drug-likeness (QED) is 0.683. The molecule has 3 aromatic rings. The number of nitrogens with one attached hydrogen (secondary N) is 2. The van der Waals surface area contributed by atoms with Gasteiger partial charge in [-0.25, -0.2) is 0 Å². The van der Waals surface area contributed by atoms with Crippen molar-refractivity contribution in [2.24, 2.45) is 0 Å². The Bertz CT molecular complexity index is 793. The van der Waals surface area contributed by atoms with E-state index < -0.39 is 0 Å². The third kappa shape index (κ3) is 3.44. The molecule has 0 amide bonds. The molecule has 1 unspecified atom stereocenters. The van der Waals surface area contributed by atoms with Crippen LogP contribution in [0.5, 0.6) is 0 Å². The Morgan fingerprint density at radius 2 is 1.88 bits per heavy atom. The lowest BCUT2D eigenvalue weighted by atomic mass is 9.90. The number of piperidine rings is 1. The molecule has 0 saturated carbocycles. The van der Waals surface area contributed by atoms with E-state index in [0.29, 0.717) is 5.92 Å². The van der Waals surface area contributed by atoms with Gasteiger partial charge in [0.25, 0.3) is 0 Å². The molecule has 0 radical (unpaired) electrons. The Kier molecular flexibility index (Phi) is 6.27. The van der Waals surface area contributed by atoms with E-state index in [0.717, 1.165) is 13.1 Å². The summed E-state index contributed by atoms with van der Waals surface area (Å²) in [5.41, 5.74) is 6.52. The van der Waals surface area contributed by atoms with Gasteiger partial charge in [0.15, 0.2) is 0 Å². The highest BCUT2D eigenvalue weighted by Crippen LogP contribution is 2.38. The second kappa shape index (κ2) is 8.02. The van der Waals surface area contributed by atoms with Gasteiger partial charge < -0.3 is 10.3 Å². The van der Waals surface area contributed by atoms with Crippen LogP contribution in [0.2, 0.25) is 0 Å². The minimum atomic E-state index is 0. The van der Waals surface area contributed by atoms with Crippen LogP contribution in [0.1, 0.15) is 30.0 Å². The number of aromatic amines is 1. The molecule has 1 atom stereocenters. The summed E-state index contributed by atoms with van der Waals surface area (Å²) in [5.74, 6) is 0.560. The standard InChI is InChI=1S/C19H21N3.2ClH/c1-13-4-5-17-16(11-13)18(14-6-9-20-10-7-14)19(22-17)15-3-2-8-21-12-15;;/h4-7,9-11,15,21-22H,2-3,8,12H2,1H3;2*1H. The molecule has 3 heterocycles.